The van der Waals surface area contributed by atoms with Gasteiger partial charge in [-0.15, -0.1) is 0 Å². The molecule has 0 N–H and O–H groups in total. The maximum Gasteiger partial charge on any atom is 0.291 e. The lowest BCUT2D eigenvalue weighted by atomic mass is 9.87. The first-order valence-corrected chi connectivity index (χ1v) is 9.14. The van der Waals surface area contributed by atoms with Crippen molar-refractivity contribution in [3.8, 4) is 0 Å². The minimum atomic E-state index is -0.277. The van der Waals surface area contributed by atoms with Crippen molar-refractivity contribution >= 4 is 17.5 Å². The Bertz CT molecular complexity index is 863. The van der Waals surface area contributed by atoms with E-state index in [1.807, 2.05) is 30.3 Å². The van der Waals surface area contributed by atoms with Gasteiger partial charge in [-0.1, -0.05) is 18.2 Å². The first kappa shape index (κ1) is 17.7. The SMILES string of the molecule is Cc1nc(C)c(C(=O)N2CCC3(COCC(=O)N(c4ccccc4)C3)C2)o1. The maximum atomic E-state index is 12.9. The molecule has 0 radical (unpaired) electrons. The molecule has 2 aliphatic heterocycles. The molecule has 1 unspecified atom stereocenters. The zero-order valence-corrected chi connectivity index (χ0v) is 15.6. The molecule has 1 atom stereocenters. The number of carbonyl (C=O) groups is 2. The predicted molar refractivity (Wildman–Crippen MR) is 98.5 cm³/mol. The molecule has 1 spiro atoms. The molecule has 0 saturated carbocycles. The van der Waals surface area contributed by atoms with Crippen LogP contribution in [0.25, 0.3) is 0 Å². The molecule has 2 aliphatic rings. The number of rotatable bonds is 2. The van der Waals surface area contributed by atoms with Crippen molar-refractivity contribution in [2.24, 2.45) is 5.41 Å². The number of benzene rings is 1. The zero-order chi connectivity index (χ0) is 19.0. The molecular formula is C20H23N3O4. The van der Waals surface area contributed by atoms with Crippen molar-refractivity contribution in [1.82, 2.24) is 9.88 Å². The third-order valence-electron chi connectivity index (χ3n) is 5.32. The summed E-state index contributed by atoms with van der Waals surface area (Å²) in [7, 11) is 0. The largest absolute Gasteiger partial charge is 0.436 e. The van der Waals surface area contributed by atoms with Crippen LogP contribution in [0.1, 0.15) is 28.6 Å². The van der Waals surface area contributed by atoms with Gasteiger partial charge in [0.15, 0.2) is 5.89 Å². The summed E-state index contributed by atoms with van der Waals surface area (Å²) in [5, 5.41) is 0. The Morgan fingerprint density at radius 1 is 1.19 bits per heavy atom. The van der Waals surface area contributed by atoms with E-state index in [2.05, 4.69) is 4.98 Å². The van der Waals surface area contributed by atoms with Crippen molar-refractivity contribution in [1.29, 1.82) is 0 Å². The molecule has 2 fully saturated rings. The average Bonchev–Trinajstić information content (AvgIpc) is 3.18. The Balaban J connectivity index is 1.55. The minimum absolute atomic E-state index is 0.0513. The number of hydrogen-bond donors (Lipinski definition) is 0. The molecule has 1 aromatic heterocycles. The van der Waals surface area contributed by atoms with Gasteiger partial charge in [-0.05, 0) is 25.5 Å². The van der Waals surface area contributed by atoms with Gasteiger partial charge in [-0.3, -0.25) is 9.59 Å². The predicted octanol–water partition coefficient (Wildman–Crippen LogP) is 2.19. The quantitative estimate of drug-likeness (QED) is 0.811. The number of aromatic nitrogens is 1. The van der Waals surface area contributed by atoms with Gasteiger partial charge in [-0.2, -0.15) is 0 Å². The first-order valence-electron chi connectivity index (χ1n) is 9.14. The van der Waals surface area contributed by atoms with E-state index >= 15 is 0 Å². The van der Waals surface area contributed by atoms with Crippen LogP contribution < -0.4 is 4.90 Å². The van der Waals surface area contributed by atoms with E-state index in [1.165, 1.54) is 0 Å². The van der Waals surface area contributed by atoms with Crippen LogP contribution in [0.5, 0.6) is 0 Å². The molecule has 27 heavy (non-hydrogen) atoms. The van der Waals surface area contributed by atoms with Gasteiger partial charge in [-0.25, -0.2) is 4.98 Å². The van der Waals surface area contributed by atoms with Crippen molar-refractivity contribution in [3.05, 3.63) is 47.7 Å². The molecule has 142 valence electrons. The fourth-order valence-corrected chi connectivity index (χ4v) is 3.97. The monoisotopic (exact) mass is 369 g/mol. The summed E-state index contributed by atoms with van der Waals surface area (Å²) in [6.45, 7) is 5.71. The number of anilines is 1. The third-order valence-corrected chi connectivity index (χ3v) is 5.32. The van der Waals surface area contributed by atoms with Crippen LogP contribution in [0.15, 0.2) is 34.7 Å². The Kier molecular flexibility index (Phi) is 4.47. The molecule has 0 aliphatic carbocycles. The highest BCUT2D eigenvalue weighted by Gasteiger charge is 2.45. The molecule has 7 heteroatoms. The number of carbonyl (C=O) groups excluding carboxylic acids is 2. The Labute approximate surface area is 157 Å². The lowest BCUT2D eigenvalue weighted by molar-refractivity contribution is -0.122. The molecule has 2 aromatic rings. The Hall–Kier alpha value is -2.67. The van der Waals surface area contributed by atoms with Gasteiger partial charge in [0, 0.05) is 37.7 Å². The summed E-state index contributed by atoms with van der Waals surface area (Å²) in [4.78, 5) is 33.2. The number of aryl methyl sites for hydroxylation is 2. The van der Waals surface area contributed by atoms with Crippen molar-refractivity contribution < 1.29 is 18.7 Å². The minimum Gasteiger partial charge on any atom is -0.436 e. The second-order valence-corrected chi connectivity index (χ2v) is 7.43. The number of ether oxygens (including phenoxy) is 1. The summed E-state index contributed by atoms with van der Waals surface area (Å²) < 4.78 is 11.2. The van der Waals surface area contributed by atoms with Crippen molar-refractivity contribution in [2.45, 2.75) is 20.3 Å². The number of oxazole rings is 1. The smallest absolute Gasteiger partial charge is 0.291 e. The highest BCUT2D eigenvalue weighted by atomic mass is 16.5. The van der Waals surface area contributed by atoms with Crippen LogP contribution in [-0.2, 0) is 9.53 Å². The summed E-state index contributed by atoms with van der Waals surface area (Å²) in [5.41, 5.74) is 1.19. The van der Waals surface area contributed by atoms with Crippen LogP contribution in [-0.4, -0.2) is 54.5 Å². The van der Waals surface area contributed by atoms with Crippen LogP contribution in [0.2, 0.25) is 0 Å². The molecular weight excluding hydrogens is 346 g/mol. The van der Waals surface area contributed by atoms with Crippen LogP contribution in [0.4, 0.5) is 5.69 Å². The highest BCUT2D eigenvalue weighted by Crippen LogP contribution is 2.36. The standard InChI is InChI=1S/C20H23N3O4/c1-14-18(27-15(2)21-14)19(25)22-9-8-20(11-22)12-23(17(24)10-26-13-20)16-6-4-3-5-7-16/h3-7H,8-13H2,1-2H3. The summed E-state index contributed by atoms with van der Waals surface area (Å²) >= 11 is 0. The van der Waals surface area contributed by atoms with Crippen LogP contribution in [0, 0.1) is 19.3 Å². The number of amides is 2. The highest BCUT2D eigenvalue weighted by molar-refractivity contribution is 5.95. The normalized spacial score (nSPS) is 23.1. The summed E-state index contributed by atoms with van der Waals surface area (Å²) in [6, 6.07) is 9.61. The number of nitrogens with zero attached hydrogens (tertiary/aromatic N) is 3. The van der Waals surface area contributed by atoms with E-state index in [9.17, 15) is 9.59 Å². The van der Waals surface area contributed by atoms with Crippen molar-refractivity contribution in [2.75, 3.05) is 37.7 Å². The zero-order valence-electron chi connectivity index (χ0n) is 15.6. The van der Waals surface area contributed by atoms with Gasteiger partial charge >= 0.3 is 0 Å². The molecule has 1 aromatic carbocycles. The van der Waals surface area contributed by atoms with Gasteiger partial charge in [0.25, 0.3) is 11.8 Å². The molecule has 4 rings (SSSR count). The average molecular weight is 369 g/mol. The molecule has 2 saturated heterocycles. The van der Waals surface area contributed by atoms with E-state index in [1.54, 1.807) is 23.6 Å². The van der Waals surface area contributed by atoms with Crippen LogP contribution in [0.3, 0.4) is 0 Å². The summed E-state index contributed by atoms with van der Waals surface area (Å²) in [5.74, 6) is 0.592. The first-order chi connectivity index (χ1) is 13.0. The second-order valence-electron chi connectivity index (χ2n) is 7.43. The van der Waals surface area contributed by atoms with E-state index in [0.29, 0.717) is 43.6 Å². The topological polar surface area (TPSA) is 75.9 Å². The Morgan fingerprint density at radius 2 is 1.96 bits per heavy atom. The van der Waals surface area contributed by atoms with Gasteiger partial charge in [0.1, 0.15) is 6.61 Å². The Morgan fingerprint density at radius 3 is 2.67 bits per heavy atom. The van der Waals surface area contributed by atoms with E-state index in [4.69, 9.17) is 9.15 Å². The van der Waals surface area contributed by atoms with Gasteiger partial charge in [0.2, 0.25) is 5.76 Å². The maximum absolute atomic E-state index is 12.9. The molecule has 7 nitrogen and oxygen atoms in total. The fraction of sp³-hybridized carbons (Fsp3) is 0.450. The van der Waals surface area contributed by atoms with E-state index in [-0.39, 0.29) is 23.8 Å². The second kappa shape index (κ2) is 6.81. The molecule has 2 amide bonds. The van der Waals surface area contributed by atoms with Gasteiger partial charge in [0.05, 0.1) is 12.3 Å². The molecule has 3 heterocycles. The van der Waals surface area contributed by atoms with Crippen LogP contribution >= 0.6 is 0 Å². The van der Waals surface area contributed by atoms with E-state index in [0.717, 1.165) is 12.1 Å². The fourth-order valence-electron chi connectivity index (χ4n) is 3.97. The van der Waals surface area contributed by atoms with Crippen molar-refractivity contribution in [3.63, 3.8) is 0 Å². The summed E-state index contributed by atoms with van der Waals surface area (Å²) in [6.07, 6.45) is 0.779. The lowest BCUT2D eigenvalue weighted by Crippen LogP contribution is -2.43. The van der Waals surface area contributed by atoms with Gasteiger partial charge < -0.3 is 19.0 Å². The number of hydrogen-bond acceptors (Lipinski definition) is 5. The number of para-hydroxylation sites is 1. The third kappa shape index (κ3) is 3.35. The molecule has 0 bridgehead atoms. The number of likely N-dealkylation sites (tertiary alicyclic amines) is 1. The van der Waals surface area contributed by atoms with E-state index < -0.39 is 0 Å². The lowest BCUT2D eigenvalue weighted by Gasteiger charge is -2.31.